The van der Waals surface area contributed by atoms with Gasteiger partial charge in [-0.1, -0.05) is 13.0 Å². The molecule has 24 heavy (non-hydrogen) atoms. The second kappa shape index (κ2) is 5.26. The van der Waals surface area contributed by atoms with E-state index in [1.807, 2.05) is 30.2 Å². The Labute approximate surface area is 138 Å². The topological polar surface area (TPSA) is 65.1 Å². The van der Waals surface area contributed by atoms with Crippen molar-refractivity contribution >= 4 is 22.3 Å². The van der Waals surface area contributed by atoms with Crippen LogP contribution in [-0.2, 0) is 7.05 Å². The third-order valence-electron chi connectivity index (χ3n) is 4.46. The van der Waals surface area contributed by atoms with Gasteiger partial charge in [0.1, 0.15) is 5.69 Å². The molecule has 0 saturated heterocycles. The average molecular weight is 319 g/mol. The molecule has 0 fully saturated rings. The van der Waals surface area contributed by atoms with Gasteiger partial charge in [0.05, 0.1) is 23.6 Å². The quantitative estimate of drug-likeness (QED) is 0.545. The number of nitrogens with zero attached hydrogens (tertiary/aromatic N) is 5. The van der Waals surface area contributed by atoms with E-state index >= 15 is 0 Å². The van der Waals surface area contributed by atoms with Gasteiger partial charge in [0.15, 0.2) is 11.4 Å². The van der Waals surface area contributed by atoms with E-state index in [9.17, 15) is 4.79 Å². The number of imidazole rings is 1. The molecule has 4 rings (SSSR count). The third-order valence-corrected chi connectivity index (χ3v) is 4.46. The zero-order chi connectivity index (χ0) is 16.8. The van der Waals surface area contributed by atoms with Crippen LogP contribution in [0.25, 0.3) is 16.6 Å². The number of rotatable bonds is 3. The van der Waals surface area contributed by atoms with Crippen LogP contribution in [0.5, 0.6) is 0 Å². The molecule has 0 radical (unpaired) electrons. The number of Topliss-reactive ketones (excluding diaryl/α,β-unsaturated/α-hetero) is 1. The minimum Gasteiger partial charge on any atom is -0.293 e. The molecule has 4 aromatic rings. The molecule has 0 saturated carbocycles. The summed E-state index contributed by atoms with van der Waals surface area (Å²) in [5, 5.41) is 9.83. The Morgan fingerprint density at radius 1 is 1.17 bits per heavy atom. The first kappa shape index (κ1) is 14.6. The standard InChI is InChI=1S/C18H17N5O/c1-11(13-4-6-16-14(8-13)9-20-22(16)3)17-10-19-18-7-5-15(12(2)24)21-23(17)18/h4-11H,1-3H3/t11-/m0/s1. The summed E-state index contributed by atoms with van der Waals surface area (Å²) >= 11 is 0. The van der Waals surface area contributed by atoms with Gasteiger partial charge < -0.3 is 0 Å². The van der Waals surface area contributed by atoms with Gasteiger partial charge in [-0.05, 0) is 29.8 Å². The van der Waals surface area contributed by atoms with Crippen LogP contribution in [0.15, 0.2) is 42.7 Å². The molecule has 1 aromatic carbocycles. The molecular formula is C18H17N5O. The zero-order valence-corrected chi connectivity index (χ0v) is 13.8. The monoisotopic (exact) mass is 319 g/mol. The summed E-state index contributed by atoms with van der Waals surface area (Å²) in [5.41, 5.74) is 4.39. The van der Waals surface area contributed by atoms with E-state index in [4.69, 9.17) is 0 Å². The fourth-order valence-electron chi connectivity index (χ4n) is 3.00. The molecule has 6 heteroatoms. The Morgan fingerprint density at radius 2 is 2.00 bits per heavy atom. The normalized spacial score (nSPS) is 12.8. The molecule has 0 aliphatic heterocycles. The molecule has 3 aromatic heterocycles. The second-order valence-electron chi connectivity index (χ2n) is 6.04. The van der Waals surface area contributed by atoms with Gasteiger partial charge in [-0.15, -0.1) is 0 Å². The molecule has 3 heterocycles. The maximum absolute atomic E-state index is 11.6. The summed E-state index contributed by atoms with van der Waals surface area (Å²) < 4.78 is 3.62. The predicted octanol–water partition coefficient (Wildman–Crippen LogP) is 2.97. The Morgan fingerprint density at radius 3 is 2.79 bits per heavy atom. The fourth-order valence-corrected chi connectivity index (χ4v) is 3.00. The number of fused-ring (bicyclic) bond motifs is 2. The lowest BCUT2D eigenvalue weighted by molar-refractivity contribution is 0.101. The molecule has 0 amide bonds. The first-order valence-electron chi connectivity index (χ1n) is 7.82. The highest BCUT2D eigenvalue weighted by molar-refractivity contribution is 5.92. The van der Waals surface area contributed by atoms with Gasteiger partial charge in [-0.3, -0.25) is 9.48 Å². The van der Waals surface area contributed by atoms with E-state index in [1.54, 1.807) is 10.6 Å². The summed E-state index contributed by atoms with van der Waals surface area (Å²) in [6.07, 6.45) is 3.69. The van der Waals surface area contributed by atoms with E-state index in [0.29, 0.717) is 5.69 Å². The van der Waals surface area contributed by atoms with Crippen molar-refractivity contribution < 1.29 is 4.79 Å². The minimum atomic E-state index is -0.0546. The Kier molecular flexibility index (Phi) is 3.19. The SMILES string of the molecule is CC(=O)c1ccc2ncc([C@@H](C)c3ccc4c(cnn4C)c3)n2n1. The van der Waals surface area contributed by atoms with Crippen molar-refractivity contribution in [2.24, 2.45) is 7.05 Å². The van der Waals surface area contributed by atoms with Crippen LogP contribution < -0.4 is 0 Å². The number of hydrogen-bond acceptors (Lipinski definition) is 4. The molecule has 0 aliphatic carbocycles. The molecule has 0 bridgehead atoms. The maximum Gasteiger partial charge on any atom is 0.179 e. The largest absolute Gasteiger partial charge is 0.293 e. The first-order valence-corrected chi connectivity index (χ1v) is 7.82. The van der Waals surface area contributed by atoms with Crippen LogP contribution >= 0.6 is 0 Å². The summed E-state index contributed by atoms with van der Waals surface area (Å²) in [6.45, 7) is 3.63. The molecule has 0 aliphatic rings. The summed E-state index contributed by atoms with van der Waals surface area (Å²) in [7, 11) is 1.93. The smallest absolute Gasteiger partial charge is 0.179 e. The number of ketones is 1. The van der Waals surface area contributed by atoms with Crippen LogP contribution in [0.2, 0.25) is 0 Å². The van der Waals surface area contributed by atoms with E-state index in [1.165, 1.54) is 6.92 Å². The number of aryl methyl sites for hydroxylation is 1. The molecule has 6 nitrogen and oxygen atoms in total. The van der Waals surface area contributed by atoms with Gasteiger partial charge in [-0.25, -0.2) is 9.50 Å². The molecule has 0 N–H and O–H groups in total. The second-order valence-corrected chi connectivity index (χ2v) is 6.04. The van der Waals surface area contributed by atoms with E-state index in [-0.39, 0.29) is 11.7 Å². The maximum atomic E-state index is 11.6. The number of carbonyl (C=O) groups is 1. The summed E-state index contributed by atoms with van der Waals surface area (Å²) in [4.78, 5) is 16.0. The highest BCUT2D eigenvalue weighted by Crippen LogP contribution is 2.27. The van der Waals surface area contributed by atoms with Crippen molar-refractivity contribution in [1.82, 2.24) is 24.4 Å². The van der Waals surface area contributed by atoms with E-state index in [0.717, 1.165) is 27.8 Å². The van der Waals surface area contributed by atoms with Gasteiger partial charge >= 0.3 is 0 Å². The van der Waals surface area contributed by atoms with Gasteiger partial charge in [0, 0.05) is 25.3 Å². The molecule has 0 unspecified atom stereocenters. The fraction of sp³-hybridized carbons (Fsp3) is 0.222. The Hall–Kier alpha value is -3.02. The van der Waals surface area contributed by atoms with Crippen molar-refractivity contribution in [3.05, 3.63) is 59.7 Å². The lowest BCUT2D eigenvalue weighted by Gasteiger charge is -2.12. The van der Waals surface area contributed by atoms with Crippen LogP contribution in [0, 0.1) is 0 Å². The van der Waals surface area contributed by atoms with Crippen molar-refractivity contribution in [3.8, 4) is 0 Å². The number of carbonyl (C=O) groups excluding carboxylic acids is 1. The van der Waals surface area contributed by atoms with Crippen molar-refractivity contribution in [2.45, 2.75) is 19.8 Å². The summed E-state index contributed by atoms with van der Waals surface area (Å²) in [6, 6.07) is 9.85. The van der Waals surface area contributed by atoms with Crippen LogP contribution in [0.1, 0.15) is 41.5 Å². The molecule has 0 spiro atoms. The number of hydrogen-bond donors (Lipinski definition) is 0. The molecular weight excluding hydrogens is 302 g/mol. The number of aromatic nitrogens is 5. The van der Waals surface area contributed by atoms with Crippen LogP contribution in [0.4, 0.5) is 0 Å². The van der Waals surface area contributed by atoms with Crippen molar-refractivity contribution in [1.29, 1.82) is 0 Å². The summed E-state index contributed by atoms with van der Waals surface area (Å²) in [5.74, 6) is 0.0419. The molecule has 1 atom stereocenters. The Bertz CT molecular complexity index is 1080. The number of benzene rings is 1. The predicted molar refractivity (Wildman–Crippen MR) is 91.2 cm³/mol. The minimum absolute atomic E-state index is 0.0546. The third kappa shape index (κ3) is 2.19. The molecule has 120 valence electrons. The van der Waals surface area contributed by atoms with E-state index in [2.05, 4.69) is 40.3 Å². The first-order chi connectivity index (χ1) is 11.5. The van der Waals surface area contributed by atoms with Crippen LogP contribution in [0.3, 0.4) is 0 Å². The lowest BCUT2D eigenvalue weighted by atomic mass is 9.97. The average Bonchev–Trinajstić information content (AvgIpc) is 3.17. The van der Waals surface area contributed by atoms with E-state index < -0.39 is 0 Å². The zero-order valence-electron chi connectivity index (χ0n) is 13.8. The van der Waals surface area contributed by atoms with Crippen molar-refractivity contribution in [2.75, 3.05) is 0 Å². The van der Waals surface area contributed by atoms with Crippen LogP contribution in [-0.4, -0.2) is 30.2 Å². The Balaban J connectivity index is 1.82. The van der Waals surface area contributed by atoms with Gasteiger partial charge in [-0.2, -0.15) is 10.2 Å². The van der Waals surface area contributed by atoms with Gasteiger partial charge in [0.25, 0.3) is 0 Å². The van der Waals surface area contributed by atoms with Gasteiger partial charge in [0.2, 0.25) is 0 Å². The highest BCUT2D eigenvalue weighted by atomic mass is 16.1. The van der Waals surface area contributed by atoms with Crippen molar-refractivity contribution in [3.63, 3.8) is 0 Å². The lowest BCUT2D eigenvalue weighted by Crippen LogP contribution is -2.07. The highest BCUT2D eigenvalue weighted by Gasteiger charge is 2.16.